The van der Waals surface area contributed by atoms with Crippen molar-refractivity contribution in [2.75, 3.05) is 23.4 Å². The standard InChI is InChI=1S/C24H21N3O3/c1-2-26-21-6-4-3-5-19(21)20-15-17(9-12-22(20)26)25-23(28)16-7-10-18(11-8-16)27-13-14-30-24(27)29/h3-12,15H,2,13-14H2,1H3,(H,25,28). The third-order valence-corrected chi connectivity index (χ3v) is 5.55. The zero-order chi connectivity index (χ0) is 20.7. The maximum atomic E-state index is 12.8. The summed E-state index contributed by atoms with van der Waals surface area (Å²) >= 11 is 0. The molecule has 0 bridgehead atoms. The average Bonchev–Trinajstić information content (AvgIpc) is 3.34. The highest BCUT2D eigenvalue weighted by atomic mass is 16.6. The van der Waals surface area contributed by atoms with Gasteiger partial charge in [-0.3, -0.25) is 9.69 Å². The van der Waals surface area contributed by atoms with Gasteiger partial charge in [-0.05, 0) is 55.5 Å². The maximum absolute atomic E-state index is 12.8. The first kappa shape index (κ1) is 18.2. The van der Waals surface area contributed by atoms with Crippen molar-refractivity contribution in [2.45, 2.75) is 13.5 Å². The van der Waals surface area contributed by atoms with Crippen LogP contribution < -0.4 is 10.2 Å². The fourth-order valence-electron chi connectivity index (χ4n) is 4.10. The number of nitrogens with one attached hydrogen (secondary N) is 1. The summed E-state index contributed by atoms with van der Waals surface area (Å²) in [6.07, 6.45) is -0.355. The number of carbonyl (C=O) groups is 2. The Morgan fingerprint density at radius 2 is 1.77 bits per heavy atom. The second-order valence-corrected chi connectivity index (χ2v) is 7.26. The number of aryl methyl sites for hydroxylation is 1. The Bertz CT molecular complexity index is 1270. The van der Waals surface area contributed by atoms with Crippen LogP contribution in [-0.4, -0.2) is 29.7 Å². The number of nitrogens with zero attached hydrogens (tertiary/aromatic N) is 2. The number of amides is 2. The Hall–Kier alpha value is -3.80. The number of fused-ring (bicyclic) bond motifs is 3. The molecule has 2 heterocycles. The number of anilines is 2. The van der Waals surface area contributed by atoms with Crippen LogP contribution >= 0.6 is 0 Å². The lowest BCUT2D eigenvalue weighted by molar-refractivity contribution is 0.102. The molecule has 6 nitrogen and oxygen atoms in total. The molecule has 1 aliphatic rings. The number of cyclic esters (lactones) is 1. The van der Waals surface area contributed by atoms with Crippen LogP contribution in [0, 0.1) is 0 Å². The van der Waals surface area contributed by atoms with Crippen molar-refractivity contribution in [3.05, 3.63) is 72.3 Å². The molecule has 3 aromatic carbocycles. The number of aromatic nitrogens is 1. The molecule has 1 fully saturated rings. The first-order chi connectivity index (χ1) is 14.7. The van der Waals surface area contributed by atoms with E-state index in [9.17, 15) is 9.59 Å². The third kappa shape index (κ3) is 2.97. The Balaban J connectivity index is 1.42. The van der Waals surface area contributed by atoms with E-state index in [-0.39, 0.29) is 12.0 Å². The van der Waals surface area contributed by atoms with E-state index in [1.807, 2.05) is 24.3 Å². The highest BCUT2D eigenvalue weighted by Crippen LogP contribution is 2.31. The minimum atomic E-state index is -0.355. The van der Waals surface area contributed by atoms with E-state index in [1.54, 1.807) is 29.2 Å². The molecular weight excluding hydrogens is 378 g/mol. The van der Waals surface area contributed by atoms with Crippen LogP contribution in [0.5, 0.6) is 0 Å². The first-order valence-corrected chi connectivity index (χ1v) is 10.0. The van der Waals surface area contributed by atoms with Crippen LogP contribution in [0.4, 0.5) is 16.2 Å². The molecule has 1 N–H and O–H groups in total. The van der Waals surface area contributed by atoms with Crippen molar-refractivity contribution in [2.24, 2.45) is 0 Å². The minimum absolute atomic E-state index is 0.191. The monoisotopic (exact) mass is 399 g/mol. The molecule has 6 heteroatoms. The van der Waals surface area contributed by atoms with Crippen LogP contribution in [0.3, 0.4) is 0 Å². The Kier molecular flexibility index (Phi) is 4.39. The van der Waals surface area contributed by atoms with Gasteiger partial charge in [-0.15, -0.1) is 0 Å². The molecule has 0 saturated carbocycles. The minimum Gasteiger partial charge on any atom is -0.447 e. The summed E-state index contributed by atoms with van der Waals surface area (Å²) in [5, 5.41) is 5.28. The zero-order valence-corrected chi connectivity index (χ0v) is 16.6. The summed E-state index contributed by atoms with van der Waals surface area (Å²) in [5.41, 5.74) is 4.34. The molecular formula is C24H21N3O3. The van der Waals surface area contributed by atoms with E-state index >= 15 is 0 Å². The number of hydrogen-bond acceptors (Lipinski definition) is 3. The molecule has 0 radical (unpaired) electrons. The molecule has 2 amide bonds. The number of benzene rings is 3. The topological polar surface area (TPSA) is 63.6 Å². The van der Waals surface area contributed by atoms with Crippen molar-refractivity contribution >= 4 is 45.2 Å². The fourth-order valence-corrected chi connectivity index (χ4v) is 4.10. The highest BCUT2D eigenvalue weighted by molar-refractivity contribution is 6.11. The summed E-state index contributed by atoms with van der Waals surface area (Å²) in [6, 6.07) is 21.3. The van der Waals surface area contributed by atoms with E-state index < -0.39 is 0 Å². The van der Waals surface area contributed by atoms with E-state index in [2.05, 4.69) is 35.0 Å². The molecule has 0 atom stereocenters. The van der Waals surface area contributed by atoms with E-state index in [0.29, 0.717) is 18.7 Å². The lowest BCUT2D eigenvalue weighted by atomic mass is 10.1. The third-order valence-electron chi connectivity index (χ3n) is 5.55. The fraction of sp³-hybridized carbons (Fsp3) is 0.167. The number of para-hydroxylation sites is 1. The summed E-state index contributed by atoms with van der Waals surface area (Å²) in [5.74, 6) is -0.191. The largest absolute Gasteiger partial charge is 0.447 e. The molecule has 30 heavy (non-hydrogen) atoms. The molecule has 150 valence electrons. The van der Waals surface area contributed by atoms with Crippen molar-refractivity contribution in [1.29, 1.82) is 0 Å². The maximum Gasteiger partial charge on any atom is 0.414 e. The van der Waals surface area contributed by atoms with Crippen molar-refractivity contribution in [1.82, 2.24) is 4.57 Å². The molecule has 4 aromatic rings. The van der Waals surface area contributed by atoms with Gasteiger partial charge in [0.25, 0.3) is 5.91 Å². The van der Waals surface area contributed by atoms with Crippen molar-refractivity contribution < 1.29 is 14.3 Å². The summed E-state index contributed by atoms with van der Waals surface area (Å²) in [4.78, 5) is 26.0. The predicted molar refractivity (Wildman–Crippen MR) is 118 cm³/mol. The molecule has 1 saturated heterocycles. The van der Waals surface area contributed by atoms with Crippen LogP contribution in [0.25, 0.3) is 21.8 Å². The average molecular weight is 399 g/mol. The van der Waals surface area contributed by atoms with Crippen LogP contribution in [-0.2, 0) is 11.3 Å². The smallest absolute Gasteiger partial charge is 0.414 e. The molecule has 1 aromatic heterocycles. The van der Waals surface area contributed by atoms with Gasteiger partial charge in [0, 0.05) is 45.3 Å². The van der Waals surface area contributed by atoms with Crippen molar-refractivity contribution in [3.8, 4) is 0 Å². The SMILES string of the molecule is CCn1c2ccccc2c2cc(NC(=O)c3ccc(N4CCOC4=O)cc3)ccc21. The van der Waals surface area contributed by atoms with Crippen LogP contribution in [0.2, 0.25) is 0 Å². The molecule has 0 spiro atoms. The van der Waals surface area contributed by atoms with Gasteiger partial charge >= 0.3 is 6.09 Å². The van der Waals surface area contributed by atoms with Gasteiger partial charge in [0.1, 0.15) is 6.61 Å². The summed E-state index contributed by atoms with van der Waals surface area (Å²) in [7, 11) is 0. The summed E-state index contributed by atoms with van der Waals surface area (Å²) < 4.78 is 7.23. The molecule has 0 unspecified atom stereocenters. The number of hydrogen-bond donors (Lipinski definition) is 1. The van der Waals surface area contributed by atoms with E-state index in [1.165, 1.54) is 10.9 Å². The predicted octanol–water partition coefficient (Wildman–Crippen LogP) is 5.02. The quantitative estimate of drug-likeness (QED) is 0.524. The molecule has 5 rings (SSSR count). The number of ether oxygens (including phenoxy) is 1. The number of carbonyl (C=O) groups excluding carboxylic acids is 2. The normalized spacial score (nSPS) is 13.8. The van der Waals surface area contributed by atoms with Gasteiger partial charge < -0.3 is 14.6 Å². The Labute approximate surface area is 173 Å². The summed E-state index contributed by atoms with van der Waals surface area (Å²) in [6.45, 7) is 3.92. The lowest BCUT2D eigenvalue weighted by Crippen LogP contribution is -2.23. The van der Waals surface area contributed by atoms with E-state index in [4.69, 9.17) is 4.74 Å². The number of rotatable bonds is 4. The van der Waals surface area contributed by atoms with Crippen molar-refractivity contribution in [3.63, 3.8) is 0 Å². The van der Waals surface area contributed by atoms with Gasteiger partial charge in [-0.2, -0.15) is 0 Å². The van der Waals surface area contributed by atoms with Gasteiger partial charge in [-0.25, -0.2) is 4.79 Å². The van der Waals surface area contributed by atoms with E-state index in [0.717, 1.165) is 28.8 Å². The van der Waals surface area contributed by atoms with Crippen LogP contribution in [0.1, 0.15) is 17.3 Å². The van der Waals surface area contributed by atoms with Gasteiger partial charge in [0.15, 0.2) is 0 Å². The van der Waals surface area contributed by atoms with Gasteiger partial charge in [-0.1, -0.05) is 18.2 Å². The highest BCUT2D eigenvalue weighted by Gasteiger charge is 2.23. The Morgan fingerprint density at radius 1 is 1.00 bits per heavy atom. The second kappa shape index (κ2) is 7.22. The van der Waals surface area contributed by atoms with Gasteiger partial charge in [0.2, 0.25) is 0 Å². The molecule has 1 aliphatic heterocycles. The van der Waals surface area contributed by atoms with Crippen LogP contribution in [0.15, 0.2) is 66.7 Å². The lowest BCUT2D eigenvalue weighted by Gasteiger charge is -2.13. The van der Waals surface area contributed by atoms with Gasteiger partial charge in [0.05, 0.1) is 6.54 Å². The second-order valence-electron chi connectivity index (χ2n) is 7.26. The molecule has 0 aliphatic carbocycles. The Morgan fingerprint density at radius 3 is 2.50 bits per heavy atom. The zero-order valence-electron chi connectivity index (χ0n) is 16.6. The first-order valence-electron chi connectivity index (χ1n) is 10.0.